The molecule has 18 heavy (non-hydrogen) atoms. The third-order valence-corrected chi connectivity index (χ3v) is 2.91. The molecule has 0 amide bonds. The fraction of sp³-hybridized carbons (Fsp3) is 0.286. The summed E-state index contributed by atoms with van der Waals surface area (Å²) in [5.41, 5.74) is 7.30. The van der Waals surface area contributed by atoms with Crippen LogP contribution in [0.15, 0.2) is 30.3 Å². The van der Waals surface area contributed by atoms with Crippen LogP contribution < -0.4 is 11.1 Å². The van der Waals surface area contributed by atoms with Crippen molar-refractivity contribution in [3.05, 3.63) is 35.9 Å². The van der Waals surface area contributed by atoms with E-state index in [-0.39, 0.29) is 6.04 Å². The second-order valence-electron chi connectivity index (χ2n) is 4.23. The standard InChI is InChI=1S/C14H16N4/c1-2-11(16)9-17-14-7-10(8-15)12-5-3-4-6-13(12)18-14/h3-7,11H,2,9,16H2,1H3,(H,17,18). The van der Waals surface area contributed by atoms with Crippen molar-refractivity contribution in [1.82, 2.24) is 4.98 Å². The number of hydrogen-bond donors (Lipinski definition) is 2. The average molecular weight is 240 g/mol. The van der Waals surface area contributed by atoms with Gasteiger partial charge >= 0.3 is 0 Å². The number of pyridine rings is 1. The number of fused-ring (bicyclic) bond motifs is 1. The fourth-order valence-corrected chi connectivity index (χ4v) is 1.74. The molecule has 2 rings (SSSR count). The van der Waals surface area contributed by atoms with Gasteiger partial charge in [0.15, 0.2) is 0 Å². The maximum Gasteiger partial charge on any atom is 0.128 e. The first-order valence-electron chi connectivity index (χ1n) is 6.04. The fourth-order valence-electron chi connectivity index (χ4n) is 1.74. The van der Waals surface area contributed by atoms with Gasteiger partial charge in [-0.15, -0.1) is 0 Å². The molecule has 0 aliphatic rings. The first-order valence-corrected chi connectivity index (χ1v) is 6.04. The van der Waals surface area contributed by atoms with Crippen LogP contribution in [0.3, 0.4) is 0 Å². The van der Waals surface area contributed by atoms with E-state index in [1.54, 1.807) is 6.07 Å². The van der Waals surface area contributed by atoms with Crippen molar-refractivity contribution in [3.8, 4) is 6.07 Å². The van der Waals surface area contributed by atoms with Gasteiger partial charge in [-0.25, -0.2) is 4.98 Å². The van der Waals surface area contributed by atoms with Gasteiger partial charge in [0, 0.05) is 18.0 Å². The second-order valence-corrected chi connectivity index (χ2v) is 4.23. The van der Waals surface area contributed by atoms with Crippen LogP contribution in [0.2, 0.25) is 0 Å². The van der Waals surface area contributed by atoms with E-state index in [9.17, 15) is 0 Å². The molecule has 1 aromatic heterocycles. The van der Waals surface area contributed by atoms with E-state index in [1.165, 1.54) is 0 Å². The zero-order valence-corrected chi connectivity index (χ0v) is 10.4. The molecule has 92 valence electrons. The third kappa shape index (κ3) is 2.58. The van der Waals surface area contributed by atoms with Crippen LogP contribution >= 0.6 is 0 Å². The predicted molar refractivity (Wildman–Crippen MR) is 73.2 cm³/mol. The molecule has 1 atom stereocenters. The van der Waals surface area contributed by atoms with Gasteiger partial charge in [0.05, 0.1) is 17.1 Å². The zero-order valence-electron chi connectivity index (χ0n) is 10.4. The summed E-state index contributed by atoms with van der Waals surface area (Å²) >= 11 is 0. The Morgan fingerprint density at radius 2 is 2.22 bits per heavy atom. The van der Waals surface area contributed by atoms with Crippen molar-refractivity contribution in [1.29, 1.82) is 5.26 Å². The molecule has 1 aromatic carbocycles. The van der Waals surface area contributed by atoms with Gasteiger partial charge in [-0.05, 0) is 18.6 Å². The topological polar surface area (TPSA) is 74.7 Å². The number of rotatable bonds is 4. The Bertz CT molecular complexity index is 586. The Morgan fingerprint density at radius 3 is 2.94 bits per heavy atom. The first-order chi connectivity index (χ1) is 8.74. The van der Waals surface area contributed by atoms with Crippen LogP contribution in [0.25, 0.3) is 10.9 Å². The predicted octanol–water partition coefficient (Wildman–Crippen LogP) is 2.26. The largest absolute Gasteiger partial charge is 0.368 e. The molecule has 4 nitrogen and oxygen atoms in total. The van der Waals surface area contributed by atoms with E-state index in [2.05, 4.69) is 16.4 Å². The Kier molecular flexibility index (Phi) is 3.75. The van der Waals surface area contributed by atoms with Gasteiger partial charge < -0.3 is 11.1 Å². The van der Waals surface area contributed by atoms with Crippen molar-refractivity contribution in [2.45, 2.75) is 19.4 Å². The van der Waals surface area contributed by atoms with Crippen LogP contribution in [0.5, 0.6) is 0 Å². The van der Waals surface area contributed by atoms with Gasteiger partial charge in [-0.2, -0.15) is 5.26 Å². The lowest BCUT2D eigenvalue weighted by Crippen LogP contribution is -2.28. The SMILES string of the molecule is CCC(N)CNc1cc(C#N)c2ccccc2n1. The number of aromatic nitrogens is 1. The molecule has 0 aliphatic heterocycles. The van der Waals surface area contributed by atoms with E-state index in [0.29, 0.717) is 17.9 Å². The third-order valence-electron chi connectivity index (χ3n) is 2.91. The summed E-state index contributed by atoms with van der Waals surface area (Å²) in [7, 11) is 0. The lowest BCUT2D eigenvalue weighted by Gasteiger charge is -2.11. The lowest BCUT2D eigenvalue weighted by molar-refractivity contribution is 0.678. The second kappa shape index (κ2) is 5.48. The molecule has 1 heterocycles. The molecule has 2 aromatic rings. The van der Waals surface area contributed by atoms with Crippen LogP contribution in [0, 0.1) is 11.3 Å². The Balaban J connectivity index is 2.33. The van der Waals surface area contributed by atoms with Crippen molar-refractivity contribution in [3.63, 3.8) is 0 Å². The summed E-state index contributed by atoms with van der Waals surface area (Å²) in [6, 6.07) is 11.7. The quantitative estimate of drug-likeness (QED) is 0.859. The summed E-state index contributed by atoms with van der Waals surface area (Å²) < 4.78 is 0. The molecule has 0 fully saturated rings. The molecule has 0 bridgehead atoms. The van der Waals surface area contributed by atoms with Crippen LogP contribution in [0.1, 0.15) is 18.9 Å². The van der Waals surface area contributed by atoms with E-state index >= 15 is 0 Å². The molecule has 0 spiro atoms. The molecule has 0 aliphatic carbocycles. The highest BCUT2D eigenvalue weighted by Crippen LogP contribution is 2.19. The number of nitrogens with two attached hydrogens (primary N) is 1. The van der Waals surface area contributed by atoms with Gasteiger partial charge in [0.25, 0.3) is 0 Å². The highest BCUT2D eigenvalue weighted by Gasteiger charge is 2.05. The Morgan fingerprint density at radius 1 is 1.44 bits per heavy atom. The number of nitrogens with zero attached hydrogens (tertiary/aromatic N) is 2. The number of nitriles is 1. The first kappa shape index (κ1) is 12.3. The van der Waals surface area contributed by atoms with Crippen LogP contribution in [-0.2, 0) is 0 Å². The maximum absolute atomic E-state index is 9.15. The minimum absolute atomic E-state index is 0.101. The van der Waals surface area contributed by atoms with E-state index in [4.69, 9.17) is 11.0 Å². The molecule has 1 unspecified atom stereocenters. The summed E-state index contributed by atoms with van der Waals surface area (Å²) in [4.78, 5) is 4.47. The average Bonchev–Trinajstić information content (AvgIpc) is 2.43. The minimum atomic E-state index is 0.101. The Hall–Kier alpha value is -2.12. The van der Waals surface area contributed by atoms with Gasteiger partial charge in [0.1, 0.15) is 5.82 Å². The molecule has 3 N–H and O–H groups in total. The summed E-state index contributed by atoms with van der Waals surface area (Å²) in [5, 5.41) is 13.2. The number of anilines is 1. The van der Waals surface area contributed by atoms with E-state index in [1.807, 2.05) is 31.2 Å². The number of nitrogens with one attached hydrogen (secondary N) is 1. The molecule has 0 saturated carbocycles. The van der Waals surface area contributed by atoms with Crippen molar-refractivity contribution >= 4 is 16.7 Å². The molecular formula is C14H16N4. The van der Waals surface area contributed by atoms with E-state index in [0.717, 1.165) is 17.3 Å². The Labute approximate surface area is 106 Å². The zero-order chi connectivity index (χ0) is 13.0. The molecular weight excluding hydrogens is 224 g/mol. The number of para-hydroxylation sites is 1. The lowest BCUT2D eigenvalue weighted by atomic mass is 10.1. The molecule has 0 saturated heterocycles. The molecule has 0 radical (unpaired) electrons. The normalized spacial score (nSPS) is 12.1. The maximum atomic E-state index is 9.15. The smallest absolute Gasteiger partial charge is 0.128 e. The van der Waals surface area contributed by atoms with Crippen molar-refractivity contribution < 1.29 is 0 Å². The van der Waals surface area contributed by atoms with Crippen molar-refractivity contribution in [2.75, 3.05) is 11.9 Å². The highest BCUT2D eigenvalue weighted by atomic mass is 15.0. The van der Waals surface area contributed by atoms with Gasteiger partial charge in [0.2, 0.25) is 0 Å². The van der Waals surface area contributed by atoms with Crippen LogP contribution in [0.4, 0.5) is 5.82 Å². The van der Waals surface area contributed by atoms with E-state index < -0.39 is 0 Å². The monoisotopic (exact) mass is 240 g/mol. The number of benzene rings is 1. The van der Waals surface area contributed by atoms with Crippen molar-refractivity contribution in [2.24, 2.45) is 5.73 Å². The highest BCUT2D eigenvalue weighted by molar-refractivity contribution is 5.86. The van der Waals surface area contributed by atoms with Gasteiger partial charge in [-0.1, -0.05) is 25.1 Å². The summed E-state index contributed by atoms with van der Waals surface area (Å²) in [6.07, 6.45) is 0.908. The van der Waals surface area contributed by atoms with Crippen LogP contribution in [-0.4, -0.2) is 17.6 Å². The summed E-state index contributed by atoms with van der Waals surface area (Å²) in [5.74, 6) is 0.703. The summed E-state index contributed by atoms with van der Waals surface area (Å²) in [6.45, 7) is 2.70. The number of hydrogen-bond acceptors (Lipinski definition) is 4. The van der Waals surface area contributed by atoms with Gasteiger partial charge in [-0.3, -0.25) is 0 Å². The minimum Gasteiger partial charge on any atom is -0.368 e. The molecule has 4 heteroatoms.